The molecule has 0 spiro atoms. The molecule has 2 rings (SSSR count). The predicted octanol–water partition coefficient (Wildman–Crippen LogP) is 2.13. The van der Waals surface area contributed by atoms with Crippen molar-refractivity contribution in [2.75, 3.05) is 7.11 Å². The highest BCUT2D eigenvalue weighted by Crippen LogP contribution is 2.16. The number of ether oxygens (including phenoxy) is 1. The van der Waals surface area contributed by atoms with Crippen molar-refractivity contribution in [1.82, 2.24) is 9.97 Å². The molecule has 4 heteroatoms. The van der Waals surface area contributed by atoms with Gasteiger partial charge in [0.2, 0.25) is 0 Å². The maximum Gasteiger partial charge on any atom is 0.258 e. The number of benzene rings is 1. The number of aromatic nitrogens is 2. The number of rotatable bonds is 3. The zero-order valence-electron chi connectivity index (χ0n) is 10.3. The summed E-state index contributed by atoms with van der Waals surface area (Å²) in [6.07, 6.45) is 0.775. The molecule has 0 saturated heterocycles. The van der Waals surface area contributed by atoms with E-state index < -0.39 is 0 Å². The smallest absolute Gasteiger partial charge is 0.258 e. The molecule has 0 radical (unpaired) electrons. The molecule has 1 N–H and O–H groups in total. The molecule has 17 heavy (non-hydrogen) atoms. The lowest BCUT2D eigenvalue weighted by atomic mass is 10.1. The zero-order chi connectivity index (χ0) is 12.4. The van der Waals surface area contributed by atoms with E-state index in [1.165, 1.54) is 0 Å². The molecule has 1 aromatic carbocycles. The summed E-state index contributed by atoms with van der Waals surface area (Å²) in [6, 6.07) is 5.33. The highest BCUT2D eigenvalue weighted by Gasteiger charge is 2.06. The van der Waals surface area contributed by atoms with Gasteiger partial charge in [0.1, 0.15) is 11.6 Å². The second kappa shape index (κ2) is 4.57. The molecular weight excluding hydrogens is 216 g/mol. The first-order valence-electron chi connectivity index (χ1n) is 5.67. The number of nitrogens with one attached hydrogen (secondary N) is 1. The van der Waals surface area contributed by atoms with Gasteiger partial charge in [0.15, 0.2) is 0 Å². The Balaban J connectivity index is 2.56. The number of hydrogen-bond acceptors (Lipinski definition) is 3. The third-order valence-electron chi connectivity index (χ3n) is 2.56. The summed E-state index contributed by atoms with van der Waals surface area (Å²) < 4.78 is 5.09. The molecule has 90 valence electrons. The molecule has 0 amide bonds. The van der Waals surface area contributed by atoms with E-state index in [1.807, 2.05) is 12.1 Å². The van der Waals surface area contributed by atoms with Crippen molar-refractivity contribution in [3.8, 4) is 5.75 Å². The fourth-order valence-corrected chi connectivity index (χ4v) is 1.78. The topological polar surface area (TPSA) is 55.0 Å². The van der Waals surface area contributed by atoms with Crippen molar-refractivity contribution in [1.29, 1.82) is 0 Å². The monoisotopic (exact) mass is 232 g/mol. The summed E-state index contributed by atoms with van der Waals surface area (Å²) in [7, 11) is 1.58. The summed E-state index contributed by atoms with van der Waals surface area (Å²) in [5.41, 5.74) is 0.606. The van der Waals surface area contributed by atoms with Gasteiger partial charge < -0.3 is 9.72 Å². The molecule has 0 aliphatic carbocycles. The van der Waals surface area contributed by atoms with Gasteiger partial charge in [0.25, 0.3) is 5.56 Å². The van der Waals surface area contributed by atoms with Crippen LogP contribution in [-0.2, 0) is 6.42 Å². The number of aromatic amines is 1. The third kappa shape index (κ3) is 2.46. The summed E-state index contributed by atoms with van der Waals surface area (Å²) in [5.74, 6) is 1.87. The van der Waals surface area contributed by atoms with E-state index in [4.69, 9.17) is 4.74 Å². The first-order chi connectivity index (χ1) is 8.10. The van der Waals surface area contributed by atoms with E-state index >= 15 is 0 Å². The van der Waals surface area contributed by atoms with Crippen LogP contribution in [0, 0.1) is 5.92 Å². The standard InChI is InChI=1S/C13H16N2O2/c1-8(2)6-12-14-11-5-4-9(17-3)7-10(11)13(16)15-12/h4-5,7-8H,6H2,1-3H3,(H,14,15,16). The summed E-state index contributed by atoms with van der Waals surface area (Å²) >= 11 is 0. The Labute approximate surface area is 99.7 Å². The number of H-pyrrole nitrogens is 1. The number of methoxy groups -OCH3 is 1. The Morgan fingerprint density at radius 2 is 2.18 bits per heavy atom. The lowest BCUT2D eigenvalue weighted by molar-refractivity contribution is 0.415. The number of nitrogens with zero attached hydrogens (tertiary/aromatic N) is 1. The molecule has 1 aromatic heterocycles. The van der Waals surface area contributed by atoms with Crippen LogP contribution in [0.1, 0.15) is 19.7 Å². The van der Waals surface area contributed by atoms with Crippen LogP contribution >= 0.6 is 0 Å². The third-order valence-corrected chi connectivity index (χ3v) is 2.56. The van der Waals surface area contributed by atoms with Crippen molar-refractivity contribution in [3.05, 3.63) is 34.4 Å². The van der Waals surface area contributed by atoms with Crippen LogP contribution in [0.4, 0.5) is 0 Å². The zero-order valence-corrected chi connectivity index (χ0v) is 10.3. The highest BCUT2D eigenvalue weighted by molar-refractivity contribution is 5.79. The molecule has 0 aliphatic rings. The molecule has 0 bridgehead atoms. The van der Waals surface area contributed by atoms with Crippen molar-refractivity contribution >= 4 is 10.9 Å². The van der Waals surface area contributed by atoms with Crippen molar-refractivity contribution < 1.29 is 4.74 Å². The molecule has 2 aromatic rings. The van der Waals surface area contributed by atoms with Crippen LogP contribution in [0.3, 0.4) is 0 Å². The van der Waals surface area contributed by atoms with Crippen LogP contribution in [-0.4, -0.2) is 17.1 Å². The first-order valence-corrected chi connectivity index (χ1v) is 5.67. The minimum absolute atomic E-state index is 0.107. The lowest BCUT2D eigenvalue weighted by Gasteiger charge is -2.06. The number of hydrogen-bond donors (Lipinski definition) is 1. The Hall–Kier alpha value is -1.84. The number of fused-ring (bicyclic) bond motifs is 1. The quantitative estimate of drug-likeness (QED) is 0.882. The van der Waals surface area contributed by atoms with Crippen molar-refractivity contribution in [2.45, 2.75) is 20.3 Å². The van der Waals surface area contributed by atoms with E-state index in [0.29, 0.717) is 22.6 Å². The maximum atomic E-state index is 11.9. The van der Waals surface area contributed by atoms with Crippen LogP contribution in [0.2, 0.25) is 0 Å². The van der Waals surface area contributed by atoms with E-state index in [0.717, 1.165) is 12.2 Å². The Morgan fingerprint density at radius 1 is 1.41 bits per heavy atom. The van der Waals surface area contributed by atoms with Crippen LogP contribution in [0.5, 0.6) is 5.75 Å². The Bertz CT molecular complexity index is 587. The highest BCUT2D eigenvalue weighted by atomic mass is 16.5. The summed E-state index contributed by atoms with van der Waals surface area (Å²) in [4.78, 5) is 19.1. The van der Waals surface area contributed by atoms with Gasteiger partial charge >= 0.3 is 0 Å². The van der Waals surface area contributed by atoms with E-state index in [-0.39, 0.29) is 5.56 Å². The molecule has 4 nitrogen and oxygen atoms in total. The minimum Gasteiger partial charge on any atom is -0.497 e. The van der Waals surface area contributed by atoms with Gasteiger partial charge in [-0.25, -0.2) is 4.98 Å². The van der Waals surface area contributed by atoms with Crippen LogP contribution < -0.4 is 10.3 Å². The normalized spacial score (nSPS) is 11.1. The average molecular weight is 232 g/mol. The SMILES string of the molecule is COc1ccc2nc(CC(C)C)[nH]c(=O)c2c1. The largest absolute Gasteiger partial charge is 0.497 e. The second-order valence-electron chi connectivity index (χ2n) is 4.49. The predicted molar refractivity (Wildman–Crippen MR) is 67.5 cm³/mol. The lowest BCUT2D eigenvalue weighted by Crippen LogP contribution is -2.13. The van der Waals surface area contributed by atoms with Gasteiger partial charge in [-0.05, 0) is 24.1 Å². The van der Waals surface area contributed by atoms with Gasteiger partial charge in [0.05, 0.1) is 18.0 Å². The van der Waals surface area contributed by atoms with Gasteiger partial charge in [0, 0.05) is 6.42 Å². The Morgan fingerprint density at radius 3 is 2.82 bits per heavy atom. The fraction of sp³-hybridized carbons (Fsp3) is 0.385. The maximum absolute atomic E-state index is 11.9. The van der Waals surface area contributed by atoms with E-state index in [1.54, 1.807) is 13.2 Å². The molecule has 0 unspecified atom stereocenters. The van der Waals surface area contributed by atoms with E-state index in [2.05, 4.69) is 23.8 Å². The van der Waals surface area contributed by atoms with Crippen LogP contribution in [0.15, 0.2) is 23.0 Å². The van der Waals surface area contributed by atoms with Crippen molar-refractivity contribution in [2.24, 2.45) is 5.92 Å². The fourth-order valence-electron chi connectivity index (χ4n) is 1.78. The van der Waals surface area contributed by atoms with Gasteiger partial charge in [-0.3, -0.25) is 4.79 Å². The molecular formula is C13H16N2O2. The minimum atomic E-state index is -0.107. The average Bonchev–Trinajstić information content (AvgIpc) is 2.28. The van der Waals surface area contributed by atoms with Crippen molar-refractivity contribution in [3.63, 3.8) is 0 Å². The van der Waals surface area contributed by atoms with Gasteiger partial charge in [-0.15, -0.1) is 0 Å². The van der Waals surface area contributed by atoms with E-state index in [9.17, 15) is 4.79 Å². The van der Waals surface area contributed by atoms with Crippen LogP contribution in [0.25, 0.3) is 10.9 Å². The van der Waals surface area contributed by atoms with Gasteiger partial charge in [-0.1, -0.05) is 13.8 Å². The molecule has 0 atom stereocenters. The van der Waals surface area contributed by atoms with Gasteiger partial charge in [-0.2, -0.15) is 0 Å². The summed E-state index contributed by atoms with van der Waals surface area (Å²) in [6.45, 7) is 4.19. The summed E-state index contributed by atoms with van der Waals surface area (Å²) in [5, 5.41) is 0.567. The molecule has 1 heterocycles. The first kappa shape index (κ1) is 11.6. The molecule has 0 saturated carbocycles. The molecule has 0 aliphatic heterocycles. The molecule has 0 fully saturated rings. The Kier molecular flexibility index (Phi) is 3.13. The second-order valence-corrected chi connectivity index (χ2v) is 4.49.